The van der Waals surface area contributed by atoms with Crippen LogP contribution in [-0.2, 0) is 0 Å². The molecule has 0 saturated carbocycles. The van der Waals surface area contributed by atoms with Crippen molar-refractivity contribution in [1.82, 2.24) is 9.97 Å². The maximum atomic E-state index is 4.60. The van der Waals surface area contributed by atoms with Gasteiger partial charge >= 0.3 is 0 Å². The van der Waals surface area contributed by atoms with E-state index in [1.54, 1.807) is 0 Å². The molecule has 0 radical (unpaired) electrons. The number of halogens is 1. The van der Waals surface area contributed by atoms with Crippen molar-refractivity contribution in [2.45, 2.75) is 32.0 Å². The number of piperidine rings is 1. The van der Waals surface area contributed by atoms with Gasteiger partial charge in [-0.05, 0) is 26.2 Å². The lowest BCUT2D eigenvalue weighted by Gasteiger charge is -2.35. The van der Waals surface area contributed by atoms with Gasteiger partial charge in [0.05, 0.1) is 11.4 Å². The van der Waals surface area contributed by atoms with Crippen LogP contribution in [0, 0.1) is 19.8 Å². The molecule has 0 aromatic carbocycles. The SMILES string of the molecule is Cc1cnc(C)c(N2CCC(Br)C(C)C2)n1. The van der Waals surface area contributed by atoms with E-state index >= 15 is 0 Å². The van der Waals surface area contributed by atoms with Crippen LogP contribution >= 0.6 is 15.9 Å². The molecule has 1 saturated heterocycles. The topological polar surface area (TPSA) is 29.0 Å². The van der Waals surface area contributed by atoms with Gasteiger partial charge in [0.1, 0.15) is 5.82 Å². The van der Waals surface area contributed by atoms with Crippen molar-refractivity contribution in [3.8, 4) is 0 Å². The Morgan fingerprint density at radius 2 is 2.19 bits per heavy atom. The number of alkyl halides is 1. The summed E-state index contributed by atoms with van der Waals surface area (Å²) >= 11 is 3.72. The average molecular weight is 284 g/mol. The lowest BCUT2D eigenvalue weighted by atomic mass is 10.00. The normalized spacial score (nSPS) is 25.9. The van der Waals surface area contributed by atoms with Crippen LogP contribution < -0.4 is 4.90 Å². The van der Waals surface area contributed by atoms with Crippen LogP contribution in [0.25, 0.3) is 0 Å². The fourth-order valence-corrected chi connectivity index (χ4v) is 2.51. The average Bonchev–Trinajstić information content (AvgIpc) is 2.26. The third-order valence-corrected chi connectivity index (χ3v) is 4.51. The van der Waals surface area contributed by atoms with Crippen molar-refractivity contribution < 1.29 is 0 Å². The van der Waals surface area contributed by atoms with Gasteiger partial charge in [-0.3, -0.25) is 4.98 Å². The van der Waals surface area contributed by atoms with Crippen molar-refractivity contribution in [1.29, 1.82) is 0 Å². The molecule has 2 heterocycles. The smallest absolute Gasteiger partial charge is 0.150 e. The highest BCUT2D eigenvalue weighted by Crippen LogP contribution is 2.27. The minimum Gasteiger partial charge on any atom is -0.355 e. The third kappa shape index (κ3) is 2.37. The zero-order valence-electron chi connectivity index (χ0n) is 10.1. The lowest BCUT2D eigenvalue weighted by molar-refractivity contribution is 0.462. The Morgan fingerprint density at radius 1 is 1.44 bits per heavy atom. The van der Waals surface area contributed by atoms with Crippen LogP contribution in [0.3, 0.4) is 0 Å². The molecule has 1 aromatic rings. The first kappa shape index (κ1) is 11.8. The molecule has 1 fully saturated rings. The zero-order chi connectivity index (χ0) is 11.7. The Labute approximate surface area is 105 Å². The summed E-state index contributed by atoms with van der Waals surface area (Å²) < 4.78 is 0. The molecular formula is C12H18BrN3. The van der Waals surface area contributed by atoms with Crippen LogP contribution in [0.4, 0.5) is 5.82 Å². The van der Waals surface area contributed by atoms with Crippen LogP contribution in [0.2, 0.25) is 0 Å². The van der Waals surface area contributed by atoms with E-state index in [9.17, 15) is 0 Å². The van der Waals surface area contributed by atoms with Gasteiger partial charge in [-0.1, -0.05) is 22.9 Å². The van der Waals surface area contributed by atoms with Gasteiger partial charge in [-0.2, -0.15) is 0 Å². The van der Waals surface area contributed by atoms with Crippen molar-refractivity contribution in [2.24, 2.45) is 5.92 Å². The molecule has 0 bridgehead atoms. The predicted molar refractivity (Wildman–Crippen MR) is 70.2 cm³/mol. The first-order valence-electron chi connectivity index (χ1n) is 5.77. The van der Waals surface area contributed by atoms with Crippen LogP contribution in [-0.4, -0.2) is 27.9 Å². The molecule has 0 aliphatic carbocycles. The Morgan fingerprint density at radius 3 is 2.88 bits per heavy atom. The van der Waals surface area contributed by atoms with Gasteiger partial charge in [-0.25, -0.2) is 4.98 Å². The molecule has 2 atom stereocenters. The second kappa shape index (κ2) is 4.70. The quantitative estimate of drug-likeness (QED) is 0.742. The van der Waals surface area contributed by atoms with Crippen molar-refractivity contribution in [3.05, 3.63) is 17.6 Å². The molecule has 0 amide bonds. The molecule has 0 N–H and O–H groups in total. The number of hydrogen-bond acceptors (Lipinski definition) is 3. The van der Waals surface area contributed by atoms with E-state index in [0.29, 0.717) is 10.7 Å². The highest BCUT2D eigenvalue weighted by molar-refractivity contribution is 9.09. The Hall–Kier alpha value is -0.640. The van der Waals surface area contributed by atoms with Gasteiger partial charge in [0, 0.05) is 24.1 Å². The third-order valence-electron chi connectivity index (χ3n) is 3.15. The van der Waals surface area contributed by atoms with Gasteiger partial charge in [0.15, 0.2) is 0 Å². The van der Waals surface area contributed by atoms with Gasteiger partial charge in [0.25, 0.3) is 0 Å². The number of rotatable bonds is 1. The molecule has 16 heavy (non-hydrogen) atoms. The summed E-state index contributed by atoms with van der Waals surface area (Å²) in [6.45, 7) is 8.45. The van der Waals surface area contributed by atoms with Crippen LogP contribution in [0.5, 0.6) is 0 Å². The van der Waals surface area contributed by atoms with E-state index in [0.717, 1.165) is 30.3 Å². The maximum Gasteiger partial charge on any atom is 0.150 e. The Kier molecular flexibility index (Phi) is 3.47. The molecule has 4 heteroatoms. The van der Waals surface area contributed by atoms with E-state index in [-0.39, 0.29) is 0 Å². The van der Waals surface area contributed by atoms with E-state index in [1.165, 1.54) is 6.42 Å². The number of aromatic nitrogens is 2. The van der Waals surface area contributed by atoms with Crippen molar-refractivity contribution in [2.75, 3.05) is 18.0 Å². The molecule has 2 unspecified atom stereocenters. The summed E-state index contributed by atoms with van der Waals surface area (Å²) in [5, 5.41) is 0. The summed E-state index contributed by atoms with van der Waals surface area (Å²) in [6.07, 6.45) is 3.01. The molecule has 1 aliphatic rings. The summed E-state index contributed by atoms with van der Waals surface area (Å²) in [5.74, 6) is 1.72. The minimum absolute atomic E-state index is 0.641. The summed E-state index contributed by atoms with van der Waals surface area (Å²) in [5.41, 5.74) is 2.03. The first-order chi connectivity index (χ1) is 7.58. The molecule has 3 nitrogen and oxygen atoms in total. The van der Waals surface area contributed by atoms with Crippen LogP contribution in [0.15, 0.2) is 6.20 Å². The second-order valence-electron chi connectivity index (χ2n) is 4.65. The van der Waals surface area contributed by atoms with Gasteiger partial charge in [-0.15, -0.1) is 0 Å². The van der Waals surface area contributed by atoms with E-state index < -0.39 is 0 Å². The fourth-order valence-electron chi connectivity index (χ4n) is 2.13. The maximum absolute atomic E-state index is 4.60. The number of anilines is 1. The monoisotopic (exact) mass is 283 g/mol. The fraction of sp³-hybridized carbons (Fsp3) is 0.667. The van der Waals surface area contributed by atoms with E-state index in [2.05, 4.69) is 37.7 Å². The molecule has 1 aromatic heterocycles. The second-order valence-corrected chi connectivity index (χ2v) is 5.82. The molecule has 0 spiro atoms. The number of aryl methyl sites for hydroxylation is 2. The summed E-state index contributed by atoms with van der Waals surface area (Å²) in [4.78, 5) is 12.0. The van der Waals surface area contributed by atoms with E-state index in [1.807, 2.05) is 20.0 Å². The summed E-state index contributed by atoms with van der Waals surface area (Å²) in [7, 11) is 0. The summed E-state index contributed by atoms with van der Waals surface area (Å²) in [6, 6.07) is 0. The van der Waals surface area contributed by atoms with Crippen molar-refractivity contribution >= 4 is 21.7 Å². The Balaban J connectivity index is 2.21. The predicted octanol–water partition coefficient (Wildman–Crippen LogP) is 2.70. The zero-order valence-corrected chi connectivity index (χ0v) is 11.7. The molecule has 2 rings (SSSR count). The van der Waals surface area contributed by atoms with Gasteiger partial charge in [0.2, 0.25) is 0 Å². The van der Waals surface area contributed by atoms with Gasteiger partial charge < -0.3 is 4.90 Å². The highest BCUT2D eigenvalue weighted by atomic mass is 79.9. The standard InChI is InChI=1S/C12H18BrN3/c1-8-7-16(5-4-11(8)13)12-10(3)14-6-9(2)15-12/h6,8,11H,4-5,7H2,1-3H3. The lowest BCUT2D eigenvalue weighted by Crippen LogP contribution is -2.40. The molecule has 1 aliphatic heterocycles. The van der Waals surface area contributed by atoms with Crippen LogP contribution in [0.1, 0.15) is 24.7 Å². The van der Waals surface area contributed by atoms with Crippen molar-refractivity contribution in [3.63, 3.8) is 0 Å². The highest BCUT2D eigenvalue weighted by Gasteiger charge is 2.25. The molecule has 88 valence electrons. The largest absolute Gasteiger partial charge is 0.355 e. The Bertz CT molecular complexity index is 381. The number of nitrogens with zero attached hydrogens (tertiary/aromatic N) is 3. The first-order valence-corrected chi connectivity index (χ1v) is 6.68. The van der Waals surface area contributed by atoms with E-state index in [4.69, 9.17) is 0 Å². The minimum atomic E-state index is 0.641. The molecular weight excluding hydrogens is 266 g/mol. The number of hydrogen-bond donors (Lipinski definition) is 0.